The first-order valence-electron chi connectivity index (χ1n) is 8.61. The molecule has 0 heterocycles. The second-order valence-corrected chi connectivity index (χ2v) is 6.57. The van der Waals surface area contributed by atoms with Crippen molar-refractivity contribution in [2.75, 3.05) is 0 Å². The van der Waals surface area contributed by atoms with Crippen molar-refractivity contribution in [3.63, 3.8) is 0 Å². The molecule has 0 aliphatic heterocycles. The van der Waals surface area contributed by atoms with E-state index in [2.05, 4.69) is 5.32 Å². The number of carbonyl (C=O) groups is 1. The van der Waals surface area contributed by atoms with Crippen LogP contribution in [0.1, 0.15) is 21.5 Å². The summed E-state index contributed by atoms with van der Waals surface area (Å²) in [6, 6.07) is 16.9. The molecule has 0 fully saturated rings. The molecule has 0 radical (unpaired) electrons. The first-order chi connectivity index (χ1) is 13.9. The molecule has 6 nitrogen and oxygen atoms in total. The SMILES string of the molecule is O=C(NCc1ccc(OCc2ccc(F)cc2)cc1)c1ccc([N+](=O)[O-])cc1Cl. The second kappa shape index (κ2) is 9.16. The third-order valence-electron chi connectivity index (χ3n) is 4.10. The average molecular weight is 415 g/mol. The van der Waals surface area contributed by atoms with Gasteiger partial charge in [-0.15, -0.1) is 0 Å². The molecule has 0 aromatic heterocycles. The van der Waals surface area contributed by atoms with Gasteiger partial charge in [0.2, 0.25) is 0 Å². The number of hydrogen-bond donors (Lipinski definition) is 1. The second-order valence-electron chi connectivity index (χ2n) is 6.16. The molecule has 0 aliphatic rings. The van der Waals surface area contributed by atoms with Gasteiger partial charge in [0.05, 0.1) is 15.5 Å². The van der Waals surface area contributed by atoms with Gasteiger partial charge in [-0.2, -0.15) is 0 Å². The Morgan fingerprint density at radius 3 is 2.31 bits per heavy atom. The van der Waals surface area contributed by atoms with Crippen LogP contribution in [-0.2, 0) is 13.2 Å². The molecule has 0 saturated heterocycles. The van der Waals surface area contributed by atoms with Gasteiger partial charge in [-0.3, -0.25) is 14.9 Å². The minimum Gasteiger partial charge on any atom is -0.489 e. The number of nitrogens with zero attached hydrogens (tertiary/aromatic N) is 1. The number of halogens is 2. The molecule has 0 atom stereocenters. The Hall–Kier alpha value is -3.45. The minimum absolute atomic E-state index is 0.0150. The van der Waals surface area contributed by atoms with Crippen LogP contribution < -0.4 is 10.1 Å². The molecule has 3 rings (SSSR count). The average Bonchev–Trinajstić information content (AvgIpc) is 2.72. The summed E-state index contributed by atoms with van der Waals surface area (Å²) in [4.78, 5) is 22.4. The van der Waals surface area contributed by atoms with Crippen LogP contribution in [0.15, 0.2) is 66.7 Å². The van der Waals surface area contributed by atoms with E-state index in [0.29, 0.717) is 12.4 Å². The quantitative estimate of drug-likeness (QED) is 0.440. The summed E-state index contributed by atoms with van der Waals surface area (Å²) in [6.45, 7) is 0.569. The third kappa shape index (κ3) is 5.52. The standard InChI is InChI=1S/C21H16ClFN2O4/c22-20-11-17(25(27)28)7-10-19(20)21(26)24-12-14-3-8-18(9-4-14)29-13-15-1-5-16(23)6-2-15/h1-11H,12-13H2,(H,24,26). The molecule has 0 aliphatic carbocycles. The van der Waals surface area contributed by atoms with Crippen molar-refractivity contribution < 1.29 is 18.8 Å². The lowest BCUT2D eigenvalue weighted by Crippen LogP contribution is -2.23. The number of nitro benzene ring substituents is 1. The first-order valence-corrected chi connectivity index (χ1v) is 8.98. The van der Waals surface area contributed by atoms with Crippen LogP contribution in [0.25, 0.3) is 0 Å². The lowest BCUT2D eigenvalue weighted by molar-refractivity contribution is -0.384. The smallest absolute Gasteiger partial charge is 0.270 e. The molecular formula is C21H16ClFN2O4. The molecule has 29 heavy (non-hydrogen) atoms. The van der Waals surface area contributed by atoms with E-state index in [9.17, 15) is 19.3 Å². The van der Waals surface area contributed by atoms with E-state index in [-0.39, 0.29) is 28.6 Å². The maximum atomic E-state index is 12.9. The van der Waals surface area contributed by atoms with Gasteiger partial charge in [0.25, 0.3) is 11.6 Å². The molecule has 3 aromatic carbocycles. The molecule has 0 saturated carbocycles. The van der Waals surface area contributed by atoms with Crippen LogP contribution in [-0.4, -0.2) is 10.8 Å². The van der Waals surface area contributed by atoms with Gasteiger partial charge >= 0.3 is 0 Å². The number of ether oxygens (including phenoxy) is 1. The van der Waals surface area contributed by atoms with Gasteiger partial charge in [0.1, 0.15) is 18.2 Å². The fourth-order valence-electron chi connectivity index (χ4n) is 2.53. The van der Waals surface area contributed by atoms with E-state index in [1.807, 2.05) is 0 Å². The van der Waals surface area contributed by atoms with Crippen LogP contribution in [0.4, 0.5) is 10.1 Å². The molecule has 3 aromatic rings. The molecule has 1 N–H and O–H groups in total. The predicted octanol–water partition coefficient (Wildman–Crippen LogP) is 4.90. The summed E-state index contributed by atoms with van der Waals surface area (Å²) in [6.07, 6.45) is 0. The van der Waals surface area contributed by atoms with Crippen molar-refractivity contribution in [3.05, 3.63) is 104 Å². The van der Waals surface area contributed by atoms with Crippen LogP contribution in [0.3, 0.4) is 0 Å². The Balaban J connectivity index is 1.54. The zero-order valence-electron chi connectivity index (χ0n) is 15.1. The van der Waals surface area contributed by atoms with E-state index in [1.54, 1.807) is 36.4 Å². The van der Waals surface area contributed by atoms with Crippen LogP contribution >= 0.6 is 11.6 Å². The maximum Gasteiger partial charge on any atom is 0.270 e. The molecule has 148 valence electrons. The first kappa shape index (κ1) is 20.3. The minimum atomic E-state index is -0.576. The zero-order chi connectivity index (χ0) is 20.8. The molecule has 0 unspecified atom stereocenters. The highest BCUT2D eigenvalue weighted by Crippen LogP contribution is 2.22. The van der Waals surface area contributed by atoms with Crippen molar-refractivity contribution in [2.45, 2.75) is 13.2 Å². The van der Waals surface area contributed by atoms with Gasteiger partial charge in [-0.05, 0) is 41.5 Å². The van der Waals surface area contributed by atoms with Crippen molar-refractivity contribution >= 4 is 23.2 Å². The molecule has 0 bridgehead atoms. The van der Waals surface area contributed by atoms with Gasteiger partial charge in [0, 0.05) is 18.7 Å². The van der Waals surface area contributed by atoms with Crippen molar-refractivity contribution in [1.82, 2.24) is 5.32 Å². The van der Waals surface area contributed by atoms with E-state index in [4.69, 9.17) is 16.3 Å². The summed E-state index contributed by atoms with van der Waals surface area (Å²) in [5.41, 5.74) is 1.67. The van der Waals surface area contributed by atoms with Crippen molar-refractivity contribution in [1.29, 1.82) is 0 Å². The third-order valence-corrected chi connectivity index (χ3v) is 4.42. The molecular weight excluding hydrogens is 399 g/mol. The highest BCUT2D eigenvalue weighted by Gasteiger charge is 2.14. The number of carbonyl (C=O) groups excluding carboxylic acids is 1. The Morgan fingerprint density at radius 1 is 1.03 bits per heavy atom. The van der Waals surface area contributed by atoms with Gasteiger partial charge in [-0.25, -0.2) is 4.39 Å². The van der Waals surface area contributed by atoms with E-state index >= 15 is 0 Å². The lowest BCUT2D eigenvalue weighted by Gasteiger charge is -2.09. The number of rotatable bonds is 7. The highest BCUT2D eigenvalue weighted by atomic mass is 35.5. The topological polar surface area (TPSA) is 81.5 Å². The number of nitrogens with one attached hydrogen (secondary N) is 1. The van der Waals surface area contributed by atoms with E-state index < -0.39 is 10.8 Å². The summed E-state index contributed by atoms with van der Waals surface area (Å²) in [5, 5.41) is 13.5. The van der Waals surface area contributed by atoms with E-state index in [1.165, 1.54) is 24.3 Å². The predicted molar refractivity (Wildman–Crippen MR) is 106 cm³/mol. The summed E-state index contributed by atoms with van der Waals surface area (Å²) < 4.78 is 18.5. The number of nitro groups is 1. The van der Waals surface area contributed by atoms with E-state index in [0.717, 1.165) is 17.2 Å². The van der Waals surface area contributed by atoms with Gasteiger partial charge < -0.3 is 10.1 Å². The normalized spacial score (nSPS) is 10.4. The largest absolute Gasteiger partial charge is 0.489 e. The number of hydrogen-bond acceptors (Lipinski definition) is 4. The Kier molecular flexibility index (Phi) is 6.41. The van der Waals surface area contributed by atoms with Crippen LogP contribution in [0, 0.1) is 15.9 Å². The Morgan fingerprint density at radius 2 is 1.69 bits per heavy atom. The van der Waals surface area contributed by atoms with Gasteiger partial charge in [0.15, 0.2) is 0 Å². The monoisotopic (exact) mass is 414 g/mol. The summed E-state index contributed by atoms with van der Waals surface area (Å²) >= 11 is 5.96. The van der Waals surface area contributed by atoms with Crippen LogP contribution in [0.2, 0.25) is 5.02 Å². The fraction of sp³-hybridized carbons (Fsp3) is 0.0952. The van der Waals surface area contributed by atoms with Gasteiger partial charge in [-0.1, -0.05) is 35.9 Å². The van der Waals surface area contributed by atoms with Crippen molar-refractivity contribution in [2.24, 2.45) is 0 Å². The maximum absolute atomic E-state index is 12.9. The Bertz CT molecular complexity index is 1020. The summed E-state index contributed by atoms with van der Waals surface area (Å²) in [5.74, 6) is -0.0838. The summed E-state index contributed by atoms with van der Waals surface area (Å²) in [7, 11) is 0. The fourth-order valence-corrected chi connectivity index (χ4v) is 2.79. The van der Waals surface area contributed by atoms with Crippen LogP contribution in [0.5, 0.6) is 5.75 Å². The highest BCUT2D eigenvalue weighted by molar-refractivity contribution is 6.34. The molecule has 0 spiro atoms. The number of amides is 1. The molecule has 8 heteroatoms. The molecule has 1 amide bonds. The lowest BCUT2D eigenvalue weighted by atomic mass is 10.1. The number of benzene rings is 3. The Labute approximate surface area is 171 Å². The number of non-ortho nitro benzene ring substituents is 1. The van der Waals surface area contributed by atoms with Crippen molar-refractivity contribution in [3.8, 4) is 5.75 Å². The zero-order valence-corrected chi connectivity index (χ0v) is 15.9.